The van der Waals surface area contributed by atoms with E-state index in [1.54, 1.807) is 0 Å². The summed E-state index contributed by atoms with van der Waals surface area (Å²) in [5.74, 6) is 0. The zero-order chi connectivity index (χ0) is 22.4. The molecule has 0 bridgehead atoms. The largest absolute Gasteiger partial charge is 4.00 e. The van der Waals surface area contributed by atoms with Gasteiger partial charge in [-0.15, -0.1) is 68.3 Å². The molecule has 6 aromatic rings. The van der Waals surface area contributed by atoms with Crippen molar-refractivity contribution in [1.82, 2.24) is 0 Å². The Labute approximate surface area is 241 Å². The van der Waals surface area contributed by atoms with Crippen LogP contribution in [-0.2, 0) is 21.7 Å². The van der Waals surface area contributed by atoms with Crippen molar-refractivity contribution in [2.24, 2.45) is 0 Å². The Kier molecular flexibility index (Phi) is 8.88. The molecule has 0 aliphatic heterocycles. The van der Waals surface area contributed by atoms with Crippen molar-refractivity contribution in [1.29, 1.82) is 0 Å². The van der Waals surface area contributed by atoms with E-state index in [9.17, 15) is 0 Å². The number of rotatable bonds is 4. The summed E-state index contributed by atoms with van der Waals surface area (Å²) in [5, 5.41) is 8.40. The summed E-state index contributed by atoms with van der Waals surface area (Å²) < 4.78 is 0. The molecule has 36 heavy (non-hydrogen) atoms. The second kappa shape index (κ2) is 11.3. The first-order chi connectivity index (χ1) is 16.1. The standard InChI is InChI=1S/C32H26Si.2ClH.Ti/c1-33(2,27-19-25-15-9-17-29(31(25)21-27)23-11-5-3-6-12-23)28-20-26-16-10-18-30(32(26)22-28)24-13-7-4-8-14-24;;;/h3-22H,1-2H3;2*1H;/q-2;;;+4/p-2. The normalized spacial score (nSPS) is 10.9. The molecular weight excluding hydrogens is 531 g/mol. The summed E-state index contributed by atoms with van der Waals surface area (Å²) in [6.07, 6.45) is 0. The van der Waals surface area contributed by atoms with Crippen LogP contribution in [0.25, 0.3) is 43.8 Å². The molecule has 6 aromatic carbocycles. The van der Waals surface area contributed by atoms with Gasteiger partial charge in [0.1, 0.15) is 0 Å². The first-order valence-electron chi connectivity index (χ1n) is 11.6. The number of hydrogen-bond donors (Lipinski definition) is 0. The summed E-state index contributed by atoms with van der Waals surface area (Å²) in [6, 6.07) is 44.6. The van der Waals surface area contributed by atoms with Crippen LogP contribution in [0.1, 0.15) is 0 Å². The van der Waals surface area contributed by atoms with E-state index in [1.165, 1.54) is 54.2 Å². The van der Waals surface area contributed by atoms with Gasteiger partial charge in [-0.2, -0.15) is 12.1 Å². The van der Waals surface area contributed by atoms with E-state index in [2.05, 4.69) is 134 Å². The molecule has 0 atom stereocenters. The van der Waals surface area contributed by atoms with Gasteiger partial charge in [0.2, 0.25) is 0 Å². The van der Waals surface area contributed by atoms with Crippen LogP contribution in [0.3, 0.4) is 0 Å². The maximum absolute atomic E-state index is 2.49. The van der Waals surface area contributed by atoms with Crippen molar-refractivity contribution in [3.8, 4) is 22.3 Å². The second-order valence-electron chi connectivity index (χ2n) is 9.46. The first kappa shape index (κ1) is 28.2. The molecule has 0 spiro atoms. The average molecular weight is 557 g/mol. The van der Waals surface area contributed by atoms with E-state index in [0.717, 1.165) is 0 Å². The minimum atomic E-state index is -1.87. The fraction of sp³-hybridized carbons (Fsp3) is 0.0625. The van der Waals surface area contributed by atoms with Crippen LogP contribution in [0.15, 0.2) is 121 Å². The minimum absolute atomic E-state index is 0. The van der Waals surface area contributed by atoms with Gasteiger partial charge in [-0.25, -0.2) is 0 Å². The smallest absolute Gasteiger partial charge is 1.00 e. The van der Waals surface area contributed by atoms with Gasteiger partial charge in [0.15, 0.2) is 0 Å². The van der Waals surface area contributed by atoms with Crippen LogP contribution in [0.2, 0.25) is 13.1 Å². The van der Waals surface area contributed by atoms with Gasteiger partial charge in [0.25, 0.3) is 0 Å². The third-order valence-electron chi connectivity index (χ3n) is 7.11. The van der Waals surface area contributed by atoms with E-state index >= 15 is 0 Å². The second-order valence-corrected chi connectivity index (χ2v) is 13.9. The Morgan fingerprint density at radius 1 is 0.500 bits per heavy atom. The maximum atomic E-state index is 2.49. The van der Waals surface area contributed by atoms with Crippen LogP contribution in [0.4, 0.5) is 0 Å². The number of hydrogen-bond acceptors (Lipinski definition) is 0. The van der Waals surface area contributed by atoms with Crippen molar-refractivity contribution < 1.29 is 46.5 Å². The molecular formula is C32H26Cl2SiTi. The van der Waals surface area contributed by atoms with Crippen LogP contribution in [0, 0.1) is 0 Å². The topological polar surface area (TPSA) is 0 Å². The molecule has 0 saturated heterocycles. The van der Waals surface area contributed by atoms with Crippen molar-refractivity contribution >= 4 is 40.0 Å². The van der Waals surface area contributed by atoms with Gasteiger partial charge in [0, 0.05) is 0 Å². The van der Waals surface area contributed by atoms with Crippen LogP contribution >= 0.6 is 0 Å². The number of fused-ring (bicyclic) bond motifs is 2. The summed E-state index contributed by atoms with van der Waals surface area (Å²) in [5.41, 5.74) is 5.21. The SMILES string of the molecule is C[Si](C)(c1cc2c(-c3ccccc3)cccc2[cH-]1)c1cc2c(-c3ccccc3)cccc2[cH-]1.[Cl-].[Cl-].[Ti+4]. The van der Waals surface area contributed by atoms with Crippen molar-refractivity contribution in [3.63, 3.8) is 0 Å². The summed E-state index contributed by atoms with van der Waals surface area (Å²) in [6.45, 7) is 4.97. The fourth-order valence-electron chi connectivity index (χ4n) is 5.10. The van der Waals surface area contributed by atoms with E-state index < -0.39 is 8.07 Å². The minimum Gasteiger partial charge on any atom is -1.00 e. The molecule has 0 heterocycles. The zero-order valence-corrected chi connectivity index (χ0v) is 24.4. The van der Waals surface area contributed by atoms with Gasteiger partial charge in [-0.3, -0.25) is 0 Å². The molecule has 0 N–H and O–H groups in total. The fourth-order valence-corrected chi connectivity index (χ4v) is 7.47. The zero-order valence-electron chi connectivity index (χ0n) is 20.3. The predicted octanol–water partition coefficient (Wildman–Crippen LogP) is 1.59. The molecule has 0 nitrogen and oxygen atoms in total. The Morgan fingerprint density at radius 3 is 1.28 bits per heavy atom. The van der Waals surface area contributed by atoms with Crippen LogP contribution in [0.5, 0.6) is 0 Å². The van der Waals surface area contributed by atoms with E-state index in [-0.39, 0.29) is 46.5 Å². The molecule has 0 radical (unpaired) electrons. The number of benzene rings is 4. The molecule has 0 aliphatic rings. The molecule has 0 fully saturated rings. The molecule has 6 rings (SSSR count). The van der Waals surface area contributed by atoms with E-state index in [1.807, 2.05) is 0 Å². The van der Waals surface area contributed by atoms with Gasteiger partial charge < -0.3 is 24.8 Å². The quantitative estimate of drug-likeness (QED) is 0.228. The Hall–Kier alpha value is -2.39. The molecule has 0 aliphatic carbocycles. The third-order valence-corrected chi connectivity index (χ3v) is 10.6. The van der Waals surface area contributed by atoms with Crippen LogP contribution < -0.4 is 35.2 Å². The monoisotopic (exact) mass is 556 g/mol. The molecule has 0 aromatic heterocycles. The summed E-state index contributed by atoms with van der Waals surface area (Å²) >= 11 is 0. The maximum Gasteiger partial charge on any atom is 4.00 e. The molecule has 176 valence electrons. The summed E-state index contributed by atoms with van der Waals surface area (Å²) in [7, 11) is -1.87. The average Bonchev–Trinajstić information content (AvgIpc) is 3.50. The third kappa shape index (κ3) is 4.92. The Morgan fingerprint density at radius 2 is 0.889 bits per heavy atom. The van der Waals surface area contributed by atoms with Crippen molar-refractivity contribution in [3.05, 3.63) is 121 Å². The first-order valence-corrected chi connectivity index (χ1v) is 14.6. The predicted molar refractivity (Wildman–Crippen MR) is 147 cm³/mol. The molecule has 4 heteroatoms. The van der Waals surface area contributed by atoms with Gasteiger partial charge in [-0.05, 0) is 11.1 Å². The van der Waals surface area contributed by atoms with E-state index in [0.29, 0.717) is 0 Å². The van der Waals surface area contributed by atoms with E-state index in [4.69, 9.17) is 0 Å². The van der Waals surface area contributed by atoms with Crippen molar-refractivity contribution in [2.45, 2.75) is 13.1 Å². The van der Waals surface area contributed by atoms with Crippen molar-refractivity contribution in [2.75, 3.05) is 0 Å². The number of halogens is 2. The molecule has 0 unspecified atom stereocenters. The van der Waals surface area contributed by atoms with Crippen LogP contribution in [-0.4, -0.2) is 8.07 Å². The molecule has 0 amide bonds. The summed E-state index contributed by atoms with van der Waals surface area (Å²) in [4.78, 5) is 0. The Balaban J connectivity index is 0.00000120. The van der Waals surface area contributed by atoms with Gasteiger partial charge >= 0.3 is 21.7 Å². The van der Waals surface area contributed by atoms with Gasteiger partial charge in [-0.1, -0.05) is 97.0 Å². The Bertz CT molecular complexity index is 1460. The van der Waals surface area contributed by atoms with Gasteiger partial charge in [0.05, 0.1) is 8.07 Å². The molecule has 0 saturated carbocycles.